The fourth-order valence-corrected chi connectivity index (χ4v) is 4.05. The van der Waals surface area contributed by atoms with Gasteiger partial charge in [-0.25, -0.2) is 4.68 Å². The third-order valence-corrected chi connectivity index (χ3v) is 5.96. The number of rotatable bonds is 4. The van der Waals surface area contributed by atoms with Crippen molar-refractivity contribution in [1.82, 2.24) is 9.78 Å². The van der Waals surface area contributed by atoms with E-state index in [9.17, 15) is 9.59 Å². The number of aryl methyl sites for hydroxylation is 1. The molecule has 1 aromatic heterocycles. The van der Waals surface area contributed by atoms with Crippen molar-refractivity contribution in [2.75, 3.05) is 5.32 Å². The first kappa shape index (κ1) is 20.4. The van der Waals surface area contributed by atoms with Crippen LogP contribution in [0.15, 0.2) is 53.3 Å². The zero-order valence-corrected chi connectivity index (χ0v) is 17.9. The molecule has 1 heterocycles. The number of para-hydroxylation sites is 1. The summed E-state index contributed by atoms with van der Waals surface area (Å²) in [5, 5.41) is 7.94. The second kappa shape index (κ2) is 8.44. The van der Waals surface area contributed by atoms with Gasteiger partial charge in [-0.05, 0) is 57.2 Å². The summed E-state index contributed by atoms with van der Waals surface area (Å²) in [4.78, 5) is 26.1. The molecule has 0 saturated carbocycles. The summed E-state index contributed by atoms with van der Waals surface area (Å²) < 4.78 is 1.32. The molecule has 1 atom stereocenters. The van der Waals surface area contributed by atoms with E-state index in [2.05, 4.69) is 10.4 Å². The highest BCUT2D eigenvalue weighted by molar-refractivity contribution is 6.33. The van der Waals surface area contributed by atoms with Crippen LogP contribution in [0.5, 0.6) is 0 Å². The smallest absolute Gasteiger partial charge is 0.271 e. The van der Waals surface area contributed by atoms with Gasteiger partial charge in [0, 0.05) is 11.1 Å². The highest BCUT2D eigenvalue weighted by Gasteiger charge is 2.25. The number of hydrogen-bond donors (Lipinski definition) is 1. The first-order valence-electron chi connectivity index (χ1n) is 10.2. The number of benzene rings is 2. The minimum Gasteiger partial charge on any atom is -0.323 e. The lowest BCUT2D eigenvalue weighted by molar-refractivity contribution is -0.119. The van der Waals surface area contributed by atoms with E-state index >= 15 is 0 Å². The Morgan fingerprint density at radius 2 is 1.73 bits per heavy atom. The fourth-order valence-electron chi connectivity index (χ4n) is 3.87. The van der Waals surface area contributed by atoms with Crippen LogP contribution in [0.1, 0.15) is 42.5 Å². The predicted octanol–water partition coefficient (Wildman–Crippen LogP) is 4.95. The first-order chi connectivity index (χ1) is 14.5. The summed E-state index contributed by atoms with van der Waals surface area (Å²) in [5.41, 5.74) is 5.05. The number of nitrogens with zero attached hydrogens (tertiary/aromatic N) is 2. The van der Waals surface area contributed by atoms with Crippen LogP contribution in [0.4, 0.5) is 5.69 Å². The van der Waals surface area contributed by atoms with Crippen LogP contribution in [0.3, 0.4) is 0 Å². The molecule has 0 aliphatic heterocycles. The lowest BCUT2D eigenvalue weighted by Crippen LogP contribution is -2.37. The summed E-state index contributed by atoms with van der Waals surface area (Å²) in [6.07, 6.45) is 3.57. The minimum atomic E-state index is -0.773. The molecular weight excluding hydrogens is 398 g/mol. The van der Waals surface area contributed by atoms with Crippen LogP contribution < -0.4 is 10.9 Å². The number of amides is 1. The van der Waals surface area contributed by atoms with Gasteiger partial charge >= 0.3 is 0 Å². The lowest BCUT2D eigenvalue weighted by Gasteiger charge is -2.22. The Kier molecular flexibility index (Phi) is 5.73. The van der Waals surface area contributed by atoms with Crippen molar-refractivity contribution in [2.45, 2.75) is 45.6 Å². The molecular formula is C24H24ClN3O2. The van der Waals surface area contributed by atoms with Crippen molar-refractivity contribution in [3.05, 3.63) is 80.6 Å². The number of anilines is 1. The summed E-state index contributed by atoms with van der Waals surface area (Å²) in [7, 11) is 0. The van der Waals surface area contributed by atoms with Gasteiger partial charge in [-0.15, -0.1) is 0 Å². The van der Waals surface area contributed by atoms with Gasteiger partial charge in [0.1, 0.15) is 6.04 Å². The van der Waals surface area contributed by atoms with E-state index in [1.54, 1.807) is 31.2 Å². The predicted molar refractivity (Wildman–Crippen MR) is 120 cm³/mol. The quantitative estimate of drug-likeness (QED) is 0.648. The maximum Gasteiger partial charge on any atom is 0.271 e. The summed E-state index contributed by atoms with van der Waals surface area (Å²) in [6.45, 7) is 3.73. The van der Waals surface area contributed by atoms with Gasteiger partial charge in [-0.2, -0.15) is 5.10 Å². The minimum absolute atomic E-state index is 0.178. The molecule has 3 aromatic rings. The van der Waals surface area contributed by atoms with E-state index in [-0.39, 0.29) is 11.5 Å². The Labute approximate surface area is 180 Å². The highest BCUT2D eigenvalue weighted by Crippen LogP contribution is 2.29. The molecule has 0 bridgehead atoms. The van der Waals surface area contributed by atoms with Gasteiger partial charge in [-0.1, -0.05) is 53.6 Å². The van der Waals surface area contributed by atoms with Gasteiger partial charge < -0.3 is 5.32 Å². The Balaban J connectivity index is 1.76. The highest BCUT2D eigenvalue weighted by atomic mass is 35.5. The van der Waals surface area contributed by atoms with Crippen LogP contribution in [0, 0.1) is 6.92 Å². The second-order valence-electron chi connectivity index (χ2n) is 7.77. The van der Waals surface area contributed by atoms with E-state index in [0.29, 0.717) is 17.1 Å². The molecule has 1 unspecified atom stereocenters. The maximum absolute atomic E-state index is 13.2. The average Bonchev–Trinajstić information content (AvgIpc) is 2.76. The van der Waals surface area contributed by atoms with E-state index in [1.165, 1.54) is 4.68 Å². The topological polar surface area (TPSA) is 64.0 Å². The average molecular weight is 422 g/mol. The number of carbonyl (C=O) groups excluding carboxylic acids is 1. The van der Waals surface area contributed by atoms with Crippen LogP contribution in [-0.2, 0) is 17.6 Å². The lowest BCUT2D eigenvalue weighted by atomic mass is 9.89. The monoisotopic (exact) mass is 421 g/mol. The van der Waals surface area contributed by atoms with Crippen LogP contribution in [0.2, 0.25) is 5.02 Å². The van der Waals surface area contributed by atoms with E-state index in [0.717, 1.165) is 47.2 Å². The Morgan fingerprint density at radius 1 is 1.07 bits per heavy atom. The number of aromatic nitrogens is 2. The second-order valence-corrected chi connectivity index (χ2v) is 8.18. The number of hydrogen-bond acceptors (Lipinski definition) is 3. The van der Waals surface area contributed by atoms with Crippen molar-refractivity contribution in [2.24, 2.45) is 0 Å². The summed E-state index contributed by atoms with van der Waals surface area (Å²) in [5.74, 6) is -0.330. The molecule has 2 aromatic carbocycles. The van der Waals surface area contributed by atoms with E-state index < -0.39 is 6.04 Å². The molecule has 5 nitrogen and oxygen atoms in total. The Bertz CT molecular complexity index is 1150. The first-order valence-corrected chi connectivity index (χ1v) is 10.6. The molecule has 0 spiro atoms. The molecule has 1 aliphatic rings. The molecule has 1 amide bonds. The molecule has 154 valence electrons. The standard InChI is InChI=1S/C24H24ClN3O2/c1-15-11-13-17(14-12-15)22-18-7-3-4-8-19(18)24(30)28(27-22)16(2)23(29)26-21-10-6-5-9-20(21)25/h5-6,9-14,16H,3-4,7-8H2,1-2H3,(H,26,29). The van der Waals surface area contributed by atoms with Gasteiger partial charge in [-0.3, -0.25) is 9.59 Å². The molecule has 1 aliphatic carbocycles. The number of nitrogens with one attached hydrogen (secondary N) is 1. The molecule has 30 heavy (non-hydrogen) atoms. The maximum atomic E-state index is 13.2. The zero-order valence-electron chi connectivity index (χ0n) is 17.1. The van der Waals surface area contributed by atoms with Gasteiger partial charge in [0.2, 0.25) is 5.91 Å². The van der Waals surface area contributed by atoms with E-state index in [4.69, 9.17) is 11.6 Å². The van der Waals surface area contributed by atoms with Crippen molar-refractivity contribution in [3.63, 3.8) is 0 Å². The third kappa shape index (κ3) is 3.90. The van der Waals surface area contributed by atoms with Gasteiger partial charge in [0.15, 0.2) is 0 Å². The molecule has 0 saturated heterocycles. The number of fused-ring (bicyclic) bond motifs is 1. The zero-order chi connectivity index (χ0) is 21.3. The Morgan fingerprint density at radius 3 is 2.43 bits per heavy atom. The fraction of sp³-hybridized carbons (Fsp3) is 0.292. The van der Waals surface area contributed by atoms with Crippen molar-refractivity contribution in [3.8, 4) is 11.3 Å². The molecule has 4 rings (SSSR count). The Hall–Kier alpha value is -2.92. The van der Waals surface area contributed by atoms with Crippen LogP contribution >= 0.6 is 11.6 Å². The molecule has 0 fully saturated rings. The molecule has 0 radical (unpaired) electrons. The van der Waals surface area contributed by atoms with Crippen LogP contribution in [-0.4, -0.2) is 15.7 Å². The number of carbonyl (C=O) groups is 1. The molecule has 6 heteroatoms. The summed E-state index contributed by atoms with van der Waals surface area (Å²) in [6, 6.07) is 14.4. The van der Waals surface area contributed by atoms with Gasteiger partial charge in [0.05, 0.1) is 16.4 Å². The summed E-state index contributed by atoms with van der Waals surface area (Å²) >= 11 is 6.16. The van der Waals surface area contributed by atoms with Crippen LogP contribution in [0.25, 0.3) is 11.3 Å². The number of halogens is 1. The largest absolute Gasteiger partial charge is 0.323 e. The van der Waals surface area contributed by atoms with E-state index in [1.807, 2.05) is 31.2 Å². The normalized spacial score (nSPS) is 14.1. The molecule has 1 N–H and O–H groups in total. The third-order valence-electron chi connectivity index (χ3n) is 5.63. The SMILES string of the molecule is Cc1ccc(-c2nn(C(C)C(=O)Nc3ccccc3Cl)c(=O)c3c2CCCC3)cc1. The van der Waals surface area contributed by atoms with Crippen molar-refractivity contribution >= 4 is 23.2 Å². The van der Waals surface area contributed by atoms with Crippen molar-refractivity contribution in [1.29, 1.82) is 0 Å². The van der Waals surface area contributed by atoms with Crippen molar-refractivity contribution < 1.29 is 4.79 Å². The van der Waals surface area contributed by atoms with Gasteiger partial charge in [0.25, 0.3) is 5.56 Å².